The Labute approximate surface area is 181 Å². The zero-order valence-corrected chi connectivity index (χ0v) is 19.6. The van der Waals surface area contributed by atoms with Crippen LogP contribution >= 0.6 is 24.0 Å². The molecule has 0 saturated carbocycles. The number of hydrogen-bond acceptors (Lipinski definition) is 2. The Bertz CT molecular complexity index is 709. The summed E-state index contributed by atoms with van der Waals surface area (Å²) in [6.07, 6.45) is 3.07. The summed E-state index contributed by atoms with van der Waals surface area (Å²) in [5.41, 5.74) is 5.02. The highest BCUT2D eigenvalue weighted by Gasteiger charge is 2.09. The number of rotatable bonds is 8. The van der Waals surface area contributed by atoms with E-state index in [0.717, 1.165) is 44.0 Å². The van der Waals surface area contributed by atoms with E-state index < -0.39 is 0 Å². The lowest BCUT2D eigenvalue weighted by Crippen LogP contribution is -2.42. The van der Waals surface area contributed by atoms with Crippen molar-refractivity contribution >= 4 is 29.9 Å². The first-order valence-electron chi connectivity index (χ1n) is 9.59. The normalized spacial score (nSPS) is 12.4. The lowest BCUT2D eigenvalue weighted by molar-refractivity contribution is 0.593. The van der Waals surface area contributed by atoms with Gasteiger partial charge in [-0.1, -0.05) is 30.3 Å². The summed E-state index contributed by atoms with van der Waals surface area (Å²) < 4.78 is 1.95. The standard InChI is InChI=1S/C21H33N5.HI/c1-6-22-21(23-15-14-20-17(3)25-26(5)18(20)4)24-16(2)12-13-19-10-8-7-9-11-19;/h7-11,16H,6,12-15H2,1-5H3,(H2,22,23,24);1H. The Morgan fingerprint density at radius 2 is 1.89 bits per heavy atom. The molecule has 1 heterocycles. The van der Waals surface area contributed by atoms with Gasteiger partial charge in [0.1, 0.15) is 0 Å². The predicted molar refractivity (Wildman–Crippen MR) is 125 cm³/mol. The summed E-state index contributed by atoms with van der Waals surface area (Å²) in [5, 5.41) is 11.4. The van der Waals surface area contributed by atoms with Crippen LogP contribution in [0.2, 0.25) is 0 Å². The first-order valence-corrected chi connectivity index (χ1v) is 9.59. The fraction of sp³-hybridized carbons (Fsp3) is 0.524. The Morgan fingerprint density at radius 1 is 1.19 bits per heavy atom. The van der Waals surface area contributed by atoms with E-state index in [1.54, 1.807) is 0 Å². The number of aromatic nitrogens is 2. The molecule has 6 heteroatoms. The number of guanidine groups is 1. The minimum absolute atomic E-state index is 0. The Morgan fingerprint density at radius 3 is 2.48 bits per heavy atom. The van der Waals surface area contributed by atoms with Gasteiger partial charge in [-0.15, -0.1) is 24.0 Å². The van der Waals surface area contributed by atoms with Gasteiger partial charge in [-0.2, -0.15) is 5.10 Å². The first-order chi connectivity index (χ1) is 12.5. The maximum absolute atomic E-state index is 4.75. The molecule has 0 radical (unpaired) electrons. The second-order valence-electron chi connectivity index (χ2n) is 6.85. The van der Waals surface area contributed by atoms with Crippen LogP contribution in [0.25, 0.3) is 0 Å². The van der Waals surface area contributed by atoms with Crippen LogP contribution in [0.4, 0.5) is 0 Å². The van der Waals surface area contributed by atoms with Crippen molar-refractivity contribution in [1.82, 2.24) is 20.4 Å². The summed E-state index contributed by atoms with van der Waals surface area (Å²) in [6.45, 7) is 10.1. The van der Waals surface area contributed by atoms with Crippen LogP contribution in [-0.4, -0.2) is 34.9 Å². The van der Waals surface area contributed by atoms with Crippen molar-refractivity contribution in [3.05, 3.63) is 52.8 Å². The van der Waals surface area contributed by atoms with Crippen molar-refractivity contribution in [2.24, 2.45) is 12.0 Å². The number of benzene rings is 1. The minimum Gasteiger partial charge on any atom is -0.357 e. The molecule has 0 spiro atoms. The maximum Gasteiger partial charge on any atom is 0.191 e. The SMILES string of the molecule is CCNC(=NCCc1c(C)nn(C)c1C)NC(C)CCc1ccccc1.I. The van der Waals surface area contributed by atoms with Crippen LogP contribution in [0.3, 0.4) is 0 Å². The molecule has 2 rings (SSSR count). The lowest BCUT2D eigenvalue weighted by atomic mass is 10.1. The monoisotopic (exact) mass is 483 g/mol. The number of nitrogens with one attached hydrogen (secondary N) is 2. The van der Waals surface area contributed by atoms with Gasteiger partial charge in [0.25, 0.3) is 0 Å². The molecule has 1 unspecified atom stereocenters. The molecule has 27 heavy (non-hydrogen) atoms. The molecule has 150 valence electrons. The highest BCUT2D eigenvalue weighted by Crippen LogP contribution is 2.12. The first kappa shape index (κ1) is 23.5. The van der Waals surface area contributed by atoms with Gasteiger partial charge in [-0.3, -0.25) is 9.67 Å². The third kappa shape index (κ3) is 7.52. The van der Waals surface area contributed by atoms with Gasteiger partial charge in [0.2, 0.25) is 0 Å². The van der Waals surface area contributed by atoms with Crippen molar-refractivity contribution in [1.29, 1.82) is 0 Å². The molecular formula is C21H34IN5. The minimum atomic E-state index is 0. The van der Waals surface area contributed by atoms with Crippen LogP contribution in [0.1, 0.15) is 42.8 Å². The van der Waals surface area contributed by atoms with Crippen LogP contribution in [0.5, 0.6) is 0 Å². The Kier molecular flexibility index (Phi) is 10.4. The number of aryl methyl sites for hydroxylation is 3. The molecule has 2 N–H and O–H groups in total. The van der Waals surface area contributed by atoms with E-state index in [1.165, 1.54) is 16.8 Å². The molecule has 2 aromatic rings. The molecule has 0 saturated heterocycles. The third-order valence-electron chi connectivity index (χ3n) is 4.73. The molecule has 0 aliphatic rings. The van der Waals surface area contributed by atoms with Gasteiger partial charge < -0.3 is 10.6 Å². The zero-order chi connectivity index (χ0) is 18.9. The smallest absolute Gasteiger partial charge is 0.191 e. The Hall–Kier alpha value is -1.57. The fourth-order valence-corrected chi connectivity index (χ4v) is 3.11. The van der Waals surface area contributed by atoms with Crippen LogP contribution < -0.4 is 10.6 Å². The average Bonchev–Trinajstić information content (AvgIpc) is 2.87. The molecule has 0 bridgehead atoms. The van der Waals surface area contributed by atoms with Gasteiger partial charge in [-0.25, -0.2) is 0 Å². The quantitative estimate of drug-likeness (QED) is 0.342. The van der Waals surface area contributed by atoms with E-state index in [2.05, 4.69) is 73.8 Å². The molecule has 0 aliphatic carbocycles. The van der Waals surface area contributed by atoms with Crippen molar-refractivity contribution in [3.8, 4) is 0 Å². The maximum atomic E-state index is 4.75. The van der Waals surface area contributed by atoms with E-state index in [0.29, 0.717) is 6.04 Å². The fourth-order valence-electron chi connectivity index (χ4n) is 3.11. The molecule has 0 fully saturated rings. The van der Waals surface area contributed by atoms with E-state index in [-0.39, 0.29) is 24.0 Å². The van der Waals surface area contributed by atoms with Gasteiger partial charge >= 0.3 is 0 Å². The van der Waals surface area contributed by atoms with E-state index in [9.17, 15) is 0 Å². The number of hydrogen-bond donors (Lipinski definition) is 2. The van der Waals surface area contributed by atoms with Gasteiger partial charge in [0.15, 0.2) is 5.96 Å². The van der Waals surface area contributed by atoms with Crippen LogP contribution in [0, 0.1) is 13.8 Å². The summed E-state index contributed by atoms with van der Waals surface area (Å²) in [4.78, 5) is 4.75. The molecule has 1 aromatic carbocycles. The molecule has 0 aliphatic heterocycles. The van der Waals surface area contributed by atoms with Gasteiger partial charge in [0, 0.05) is 31.9 Å². The second kappa shape index (κ2) is 12.0. The van der Waals surface area contributed by atoms with Crippen LogP contribution in [-0.2, 0) is 19.9 Å². The Balaban J connectivity index is 0.00000364. The molecule has 1 atom stereocenters. The average molecular weight is 483 g/mol. The van der Waals surface area contributed by atoms with E-state index in [1.807, 2.05) is 11.7 Å². The van der Waals surface area contributed by atoms with Crippen molar-refractivity contribution in [2.75, 3.05) is 13.1 Å². The number of halogens is 1. The summed E-state index contributed by atoms with van der Waals surface area (Å²) in [5.74, 6) is 0.896. The molecule has 5 nitrogen and oxygen atoms in total. The second-order valence-corrected chi connectivity index (χ2v) is 6.85. The summed E-state index contributed by atoms with van der Waals surface area (Å²) in [7, 11) is 2.00. The molecular weight excluding hydrogens is 449 g/mol. The topological polar surface area (TPSA) is 54.2 Å². The highest BCUT2D eigenvalue weighted by atomic mass is 127. The zero-order valence-electron chi connectivity index (χ0n) is 17.2. The summed E-state index contributed by atoms with van der Waals surface area (Å²) >= 11 is 0. The number of nitrogens with zero attached hydrogens (tertiary/aromatic N) is 3. The van der Waals surface area contributed by atoms with E-state index in [4.69, 9.17) is 4.99 Å². The largest absolute Gasteiger partial charge is 0.357 e. The van der Waals surface area contributed by atoms with Crippen LogP contribution in [0.15, 0.2) is 35.3 Å². The predicted octanol–water partition coefficient (Wildman–Crippen LogP) is 3.77. The highest BCUT2D eigenvalue weighted by molar-refractivity contribution is 14.0. The van der Waals surface area contributed by atoms with Crippen molar-refractivity contribution in [3.63, 3.8) is 0 Å². The van der Waals surface area contributed by atoms with Gasteiger partial charge in [-0.05, 0) is 58.1 Å². The lowest BCUT2D eigenvalue weighted by Gasteiger charge is -2.18. The van der Waals surface area contributed by atoms with Crippen molar-refractivity contribution < 1.29 is 0 Å². The van der Waals surface area contributed by atoms with Gasteiger partial charge in [0.05, 0.1) is 5.69 Å². The number of aliphatic imine (C=N–C) groups is 1. The van der Waals surface area contributed by atoms with Crippen molar-refractivity contribution in [2.45, 2.75) is 53.0 Å². The molecule has 0 amide bonds. The summed E-state index contributed by atoms with van der Waals surface area (Å²) in [6, 6.07) is 11.0. The molecule has 1 aromatic heterocycles. The van der Waals surface area contributed by atoms with E-state index >= 15 is 0 Å². The third-order valence-corrected chi connectivity index (χ3v) is 4.73.